The van der Waals surface area contributed by atoms with E-state index >= 15 is 0 Å². The highest BCUT2D eigenvalue weighted by Gasteiger charge is 2.73. The summed E-state index contributed by atoms with van der Waals surface area (Å²) in [6, 6.07) is 28.0. The first-order valence-electron chi connectivity index (χ1n) is 12.7. The quantitative estimate of drug-likeness (QED) is 0.285. The highest BCUT2D eigenvalue weighted by Crippen LogP contribution is 2.55. The van der Waals surface area contributed by atoms with E-state index in [0.717, 1.165) is 73.3 Å². The van der Waals surface area contributed by atoms with Gasteiger partial charge in [-0.15, -0.1) is 0 Å². The van der Waals surface area contributed by atoms with E-state index in [2.05, 4.69) is 21.5 Å². The van der Waals surface area contributed by atoms with Gasteiger partial charge in [-0.25, -0.2) is 0 Å². The van der Waals surface area contributed by atoms with E-state index < -0.39 is 5.66 Å². The third kappa shape index (κ3) is 2.19. The van der Waals surface area contributed by atoms with Gasteiger partial charge in [-0.1, -0.05) is 33.5 Å². The van der Waals surface area contributed by atoms with Crippen LogP contribution in [0.25, 0.3) is 39.0 Å². The molecule has 7 aromatic rings. The summed E-state index contributed by atoms with van der Waals surface area (Å²) in [7, 11) is 0. The van der Waals surface area contributed by atoms with Crippen LogP contribution in [0.2, 0.25) is 0 Å². The van der Waals surface area contributed by atoms with Crippen LogP contribution in [0.15, 0.2) is 108 Å². The van der Waals surface area contributed by atoms with Crippen LogP contribution in [0, 0.1) is 0 Å². The summed E-state index contributed by atoms with van der Waals surface area (Å²) in [4.78, 5) is 6.81. The number of ether oxygens (including phenoxy) is 2. The van der Waals surface area contributed by atoms with Gasteiger partial charge in [0.15, 0.2) is 34.4 Å². The van der Waals surface area contributed by atoms with Crippen LogP contribution in [0.3, 0.4) is 0 Å². The molecule has 7 heterocycles. The van der Waals surface area contributed by atoms with Crippen LogP contribution in [-0.4, -0.2) is 14.8 Å². The van der Waals surface area contributed by atoms with Crippen molar-refractivity contribution in [2.24, 2.45) is 0 Å². The molecule has 1 unspecified atom stereocenters. The standard InChI is InChI=1S/C31H17N5O3/c1-2-9-22-19(7-1)30-26(37-22)15-18(16-32-30)20-17-35-21-8-5-10-23-28(21)31(36(35)33-20)29-24(38-23)11-6-12-25(29)39-27-13-3-4-14-34(27)31/h1-17H/q+2. The molecule has 39 heavy (non-hydrogen) atoms. The highest BCUT2D eigenvalue weighted by molar-refractivity contribution is 6.03. The number of nitrogens with zero attached hydrogens (tertiary/aromatic N) is 5. The molecule has 0 radical (unpaired) electrons. The molecule has 1 spiro atoms. The van der Waals surface area contributed by atoms with E-state index in [0.29, 0.717) is 0 Å². The fraction of sp³-hybridized carbons (Fsp3) is 0.0323. The second kappa shape index (κ2) is 6.49. The molecule has 3 aliphatic rings. The normalized spacial score (nSPS) is 17.2. The maximum absolute atomic E-state index is 6.45. The van der Waals surface area contributed by atoms with Crippen molar-refractivity contribution in [1.29, 1.82) is 0 Å². The predicted octanol–water partition coefficient (Wildman–Crippen LogP) is 5.23. The number of furan rings is 1. The lowest BCUT2D eigenvalue weighted by Crippen LogP contribution is -2.77. The van der Waals surface area contributed by atoms with Crippen molar-refractivity contribution in [3.63, 3.8) is 0 Å². The van der Waals surface area contributed by atoms with Gasteiger partial charge < -0.3 is 13.9 Å². The van der Waals surface area contributed by atoms with Crippen molar-refractivity contribution in [3.8, 4) is 40.1 Å². The van der Waals surface area contributed by atoms with E-state index in [1.165, 1.54) is 0 Å². The molecule has 182 valence electrons. The zero-order valence-corrected chi connectivity index (χ0v) is 20.3. The Bertz CT molecular complexity index is 2200. The average Bonchev–Trinajstić information content (AvgIpc) is 3.65. The van der Waals surface area contributed by atoms with Gasteiger partial charge in [0.25, 0.3) is 0 Å². The average molecular weight is 508 g/mol. The molecule has 3 aliphatic heterocycles. The Morgan fingerprint density at radius 1 is 0.769 bits per heavy atom. The van der Waals surface area contributed by atoms with Gasteiger partial charge in [-0.3, -0.25) is 4.98 Å². The number of pyridine rings is 2. The first-order chi connectivity index (χ1) is 19.3. The summed E-state index contributed by atoms with van der Waals surface area (Å²) in [6.07, 6.45) is 5.96. The minimum atomic E-state index is -0.833. The van der Waals surface area contributed by atoms with Crippen LogP contribution < -0.4 is 18.8 Å². The molecule has 0 bridgehead atoms. The van der Waals surface area contributed by atoms with Crippen molar-refractivity contribution >= 4 is 22.1 Å². The molecule has 3 aromatic carbocycles. The van der Waals surface area contributed by atoms with Crippen LogP contribution in [0.5, 0.6) is 23.1 Å². The number of rotatable bonds is 1. The Labute approximate surface area is 220 Å². The van der Waals surface area contributed by atoms with Crippen LogP contribution in [-0.2, 0) is 5.66 Å². The molecule has 0 amide bonds. The fourth-order valence-corrected chi connectivity index (χ4v) is 6.46. The molecule has 0 fully saturated rings. The van der Waals surface area contributed by atoms with Crippen LogP contribution in [0.1, 0.15) is 11.1 Å². The highest BCUT2D eigenvalue weighted by atomic mass is 16.5. The van der Waals surface area contributed by atoms with Gasteiger partial charge in [-0.2, -0.15) is 0 Å². The van der Waals surface area contributed by atoms with Gasteiger partial charge in [0.1, 0.15) is 34.5 Å². The Morgan fingerprint density at radius 3 is 2.54 bits per heavy atom. The van der Waals surface area contributed by atoms with E-state index in [4.69, 9.17) is 24.0 Å². The largest absolute Gasteiger partial charge is 0.477 e. The second-order valence-electron chi connectivity index (χ2n) is 9.98. The molecular formula is C31H17N5O3+2. The lowest BCUT2D eigenvalue weighted by Gasteiger charge is -2.30. The van der Waals surface area contributed by atoms with Crippen LogP contribution in [0.4, 0.5) is 0 Å². The van der Waals surface area contributed by atoms with Gasteiger partial charge in [0.05, 0.1) is 10.9 Å². The van der Waals surface area contributed by atoms with Gasteiger partial charge in [0.2, 0.25) is 0 Å². The van der Waals surface area contributed by atoms with Crippen molar-refractivity contribution in [2.75, 3.05) is 0 Å². The lowest BCUT2D eigenvalue weighted by molar-refractivity contribution is -1.02. The van der Waals surface area contributed by atoms with E-state index in [1.54, 1.807) is 0 Å². The number of fused-ring (bicyclic) bond motifs is 6. The monoisotopic (exact) mass is 507 g/mol. The third-order valence-electron chi connectivity index (χ3n) is 7.99. The summed E-state index contributed by atoms with van der Waals surface area (Å²) >= 11 is 0. The molecule has 0 aliphatic carbocycles. The van der Waals surface area contributed by atoms with Crippen molar-refractivity contribution in [1.82, 2.24) is 14.8 Å². The Kier molecular flexibility index (Phi) is 3.26. The Balaban J connectivity index is 1.29. The fourth-order valence-electron chi connectivity index (χ4n) is 6.46. The molecule has 10 rings (SSSR count). The minimum absolute atomic E-state index is 0.723. The Morgan fingerprint density at radius 2 is 1.59 bits per heavy atom. The van der Waals surface area contributed by atoms with Gasteiger partial charge in [-0.05, 0) is 48.5 Å². The van der Waals surface area contributed by atoms with E-state index in [-0.39, 0.29) is 0 Å². The van der Waals surface area contributed by atoms with Crippen molar-refractivity contribution < 1.29 is 23.3 Å². The third-order valence-corrected chi connectivity index (χ3v) is 7.99. The van der Waals surface area contributed by atoms with Gasteiger partial charge >= 0.3 is 11.5 Å². The zero-order chi connectivity index (χ0) is 25.3. The minimum Gasteiger partial charge on any atom is -0.455 e. The maximum Gasteiger partial charge on any atom is 0.477 e. The van der Waals surface area contributed by atoms with Crippen molar-refractivity contribution in [3.05, 3.63) is 115 Å². The molecule has 4 aromatic heterocycles. The smallest absolute Gasteiger partial charge is 0.455 e. The number of hydrogen-bond acceptors (Lipinski definition) is 5. The summed E-state index contributed by atoms with van der Waals surface area (Å²) in [6.45, 7) is 0. The first kappa shape index (κ1) is 19.6. The van der Waals surface area contributed by atoms with Crippen LogP contribution >= 0.6 is 0 Å². The second-order valence-corrected chi connectivity index (χ2v) is 9.98. The molecule has 0 saturated heterocycles. The molecule has 0 N–H and O–H groups in total. The summed E-state index contributed by atoms with van der Waals surface area (Å²) in [5.41, 5.74) is 6.16. The van der Waals surface area contributed by atoms with E-state index in [9.17, 15) is 0 Å². The first-order valence-corrected chi connectivity index (χ1v) is 12.7. The number of benzene rings is 3. The molecule has 1 atom stereocenters. The topological polar surface area (TPSA) is 70.1 Å². The summed E-state index contributed by atoms with van der Waals surface area (Å²) in [5, 5.41) is 6.25. The summed E-state index contributed by atoms with van der Waals surface area (Å²) < 4.78 is 23.2. The number of para-hydroxylation sites is 1. The lowest BCUT2D eigenvalue weighted by atomic mass is 9.86. The van der Waals surface area contributed by atoms with Gasteiger partial charge in [0, 0.05) is 28.3 Å². The number of aromatic nitrogens is 5. The predicted molar refractivity (Wildman–Crippen MR) is 139 cm³/mol. The van der Waals surface area contributed by atoms with E-state index in [1.807, 2.05) is 96.1 Å². The molecule has 0 saturated carbocycles. The molecule has 8 nitrogen and oxygen atoms in total. The number of hydrogen-bond donors (Lipinski definition) is 0. The zero-order valence-electron chi connectivity index (χ0n) is 20.3. The van der Waals surface area contributed by atoms with Crippen molar-refractivity contribution in [2.45, 2.75) is 5.66 Å². The summed E-state index contributed by atoms with van der Waals surface area (Å²) in [5.74, 6) is 3.01. The molecular weight excluding hydrogens is 490 g/mol. The Hall–Kier alpha value is -5.50. The molecule has 8 heteroatoms. The maximum atomic E-state index is 6.45. The SMILES string of the molecule is c1cc2c3c(c1)Oc1cccc[n+]1C31c3c(cccc3-n3cc(-c4cnc5c(c4)oc4ccccc45)n[n+]31)O2.